The fourth-order valence-corrected chi connectivity index (χ4v) is 10.3. The first kappa shape index (κ1) is 16.5. The molecule has 2 aliphatic carbocycles. The van der Waals surface area contributed by atoms with Crippen LogP contribution in [0.1, 0.15) is 79.1 Å². The molecule has 2 aliphatic rings. The highest BCUT2D eigenvalue weighted by atomic mass is 28.4. The maximum Gasteiger partial charge on any atom is 0.345 e. The second-order valence-corrected chi connectivity index (χ2v) is 10.9. The Morgan fingerprint density at radius 1 is 0.900 bits per heavy atom. The molecule has 2 nitrogen and oxygen atoms in total. The van der Waals surface area contributed by atoms with Gasteiger partial charge < -0.3 is 8.85 Å². The van der Waals surface area contributed by atoms with Crippen LogP contribution in [0.4, 0.5) is 0 Å². The van der Waals surface area contributed by atoms with Crippen LogP contribution in [0, 0.1) is 5.41 Å². The summed E-state index contributed by atoms with van der Waals surface area (Å²) in [6, 6.07) is 0. The van der Waals surface area contributed by atoms with Crippen molar-refractivity contribution in [1.82, 2.24) is 0 Å². The predicted octanol–water partition coefficient (Wildman–Crippen LogP) is 5.42. The molecule has 0 bridgehead atoms. The zero-order valence-electron chi connectivity index (χ0n) is 14.0. The van der Waals surface area contributed by atoms with Gasteiger partial charge in [0, 0.05) is 24.3 Å². The van der Waals surface area contributed by atoms with E-state index in [9.17, 15) is 0 Å². The third-order valence-corrected chi connectivity index (χ3v) is 10.9. The molecule has 118 valence electrons. The van der Waals surface area contributed by atoms with Gasteiger partial charge in [-0.1, -0.05) is 39.5 Å². The van der Waals surface area contributed by atoms with Crippen molar-refractivity contribution in [1.29, 1.82) is 0 Å². The van der Waals surface area contributed by atoms with Gasteiger partial charge in [0.15, 0.2) is 0 Å². The van der Waals surface area contributed by atoms with Crippen LogP contribution in [0.15, 0.2) is 0 Å². The van der Waals surface area contributed by atoms with E-state index in [0.717, 1.165) is 18.8 Å². The molecule has 0 spiro atoms. The first-order valence-corrected chi connectivity index (χ1v) is 10.8. The van der Waals surface area contributed by atoms with Gasteiger partial charge in [-0.25, -0.2) is 0 Å². The van der Waals surface area contributed by atoms with Crippen LogP contribution in [0.3, 0.4) is 0 Å². The quantitative estimate of drug-likeness (QED) is 0.610. The molecular formula is C17H34O2Si. The zero-order valence-corrected chi connectivity index (χ0v) is 15.0. The minimum absolute atomic E-state index is 0.411. The second kappa shape index (κ2) is 6.93. The summed E-state index contributed by atoms with van der Waals surface area (Å²) in [6.07, 6.45) is 10.9. The molecular weight excluding hydrogens is 264 g/mol. The normalized spacial score (nSPS) is 27.9. The van der Waals surface area contributed by atoms with Crippen LogP contribution in [0.5, 0.6) is 0 Å². The minimum atomic E-state index is -2.10. The fourth-order valence-electron chi connectivity index (χ4n) is 4.79. The van der Waals surface area contributed by atoms with E-state index in [1.54, 1.807) is 0 Å². The molecule has 0 aromatic rings. The lowest BCUT2D eigenvalue weighted by Crippen LogP contribution is -2.54. The lowest BCUT2D eigenvalue weighted by molar-refractivity contribution is 0.136. The highest BCUT2D eigenvalue weighted by molar-refractivity contribution is 6.70. The SMILES string of the molecule is CCO[Si](OCC)(C1CCCCC1)C1CCCC1(C)C. The van der Waals surface area contributed by atoms with Gasteiger partial charge in [0.2, 0.25) is 0 Å². The first-order chi connectivity index (χ1) is 9.57. The Morgan fingerprint density at radius 2 is 1.50 bits per heavy atom. The molecule has 0 aliphatic heterocycles. The van der Waals surface area contributed by atoms with E-state index in [0.29, 0.717) is 11.0 Å². The van der Waals surface area contributed by atoms with Crippen molar-refractivity contribution in [3.05, 3.63) is 0 Å². The molecule has 0 aromatic heterocycles. The largest absolute Gasteiger partial charge is 0.394 e. The smallest absolute Gasteiger partial charge is 0.345 e. The summed E-state index contributed by atoms with van der Waals surface area (Å²) >= 11 is 0. The van der Waals surface area contributed by atoms with Gasteiger partial charge in [-0.3, -0.25) is 0 Å². The molecule has 0 aromatic carbocycles. The summed E-state index contributed by atoms with van der Waals surface area (Å²) < 4.78 is 13.1. The Balaban J connectivity index is 2.29. The minimum Gasteiger partial charge on any atom is -0.394 e. The fraction of sp³-hybridized carbons (Fsp3) is 1.00. The Bertz CT molecular complexity index is 291. The van der Waals surface area contributed by atoms with E-state index in [4.69, 9.17) is 8.85 Å². The van der Waals surface area contributed by atoms with Crippen molar-refractivity contribution >= 4 is 8.56 Å². The van der Waals surface area contributed by atoms with E-state index in [2.05, 4.69) is 27.7 Å². The van der Waals surface area contributed by atoms with Crippen molar-refractivity contribution in [3.8, 4) is 0 Å². The molecule has 1 atom stereocenters. The Morgan fingerprint density at radius 3 is 1.95 bits per heavy atom. The summed E-state index contributed by atoms with van der Waals surface area (Å²) in [7, 11) is -2.10. The van der Waals surface area contributed by atoms with Crippen LogP contribution in [0.2, 0.25) is 11.1 Å². The zero-order chi connectivity index (χ0) is 14.6. The third-order valence-electron chi connectivity index (χ3n) is 5.66. The van der Waals surface area contributed by atoms with Gasteiger partial charge >= 0.3 is 8.56 Å². The number of hydrogen-bond acceptors (Lipinski definition) is 2. The van der Waals surface area contributed by atoms with Gasteiger partial charge in [0.05, 0.1) is 0 Å². The van der Waals surface area contributed by atoms with Crippen molar-refractivity contribution < 1.29 is 8.85 Å². The summed E-state index contributed by atoms with van der Waals surface area (Å²) in [5, 5.41) is 0. The average molecular weight is 299 g/mol. The van der Waals surface area contributed by atoms with E-state index >= 15 is 0 Å². The predicted molar refractivity (Wildman–Crippen MR) is 87.2 cm³/mol. The van der Waals surface area contributed by atoms with Gasteiger partial charge in [0.1, 0.15) is 0 Å². The van der Waals surface area contributed by atoms with Crippen LogP contribution in [-0.2, 0) is 8.85 Å². The van der Waals surface area contributed by atoms with Gasteiger partial charge in [0.25, 0.3) is 0 Å². The van der Waals surface area contributed by atoms with Crippen LogP contribution in [0.25, 0.3) is 0 Å². The van der Waals surface area contributed by atoms with E-state index in [-0.39, 0.29) is 0 Å². The first-order valence-electron chi connectivity index (χ1n) is 8.84. The van der Waals surface area contributed by atoms with Crippen LogP contribution >= 0.6 is 0 Å². The van der Waals surface area contributed by atoms with Gasteiger partial charge in [-0.15, -0.1) is 0 Å². The molecule has 2 saturated carbocycles. The molecule has 0 heterocycles. The monoisotopic (exact) mass is 298 g/mol. The van der Waals surface area contributed by atoms with Crippen molar-refractivity contribution in [2.45, 2.75) is 90.1 Å². The Labute approximate surface area is 126 Å². The van der Waals surface area contributed by atoms with Crippen molar-refractivity contribution in [2.24, 2.45) is 5.41 Å². The molecule has 0 amide bonds. The van der Waals surface area contributed by atoms with E-state index < -0.39 is 8.56 Å². The van der Waals surface area contributed by atoms with Crippen molar-refractivity contribution in [3.63, 3.8) is 0 Å². The number of rotatable bonds is 6. The van der Waals surface area contributed by atoms with E-state index in [1.807, 2.05) is 0 Å². The van der Waals surface area contributed by atoms with Crippen LogP contribution in [-0.4, -0.2) is 21.8 Å². The van der Waals surface area contributed by atoms with Crippen LogP contribution < -0.4 is 0 Å². The van der Waals surface area contributed by atoms with Gasteiger partial charge in [-0.05, 0) is 44.9 Å². The molecule has 0 saturated heterocycles. The Hall–Kier alpha value is 0.137. The second-order valence-electron chi connectivity index (χ2n) is 7.36. The topological polar surface area (TPSA) is 18.5 Å². The molecule has 2 rings (SSSR count). The highest BCUT2D eigenvalue weighted by Gasteiger charge is 2.58. The molecule has 20 heavy (non-hydrogen) atoms. The summed E-state index contributed by atoms with van der Waals surface area (Å²) in [6.45, 7) is 10.9. The maximum absolute atomic E-state index is 6.55. The molecule has 0 N–H and O–H groups in total. The van der Waals surface area contributed by atoms with E-state index in [1.165, 1.54) is 51.4 Å². The maximum atomic E-state index is 6.55. The van der Waals surface area contributed by atoms with Gasteiger partial charge in [-0.2, -0.15) is 0 Å². The molecule has 0 radical (unpaired) electrons. The summed E-state index contributed by atoms with van der Waals surface area (Å²) in [5.74, 6) is 0. The highest BCUT2D eigenvalue weighted by Crippen LogP contribution is 2.57. The lowest BCUT2D eigenvalue weighted by atomic mass is 9.91. The molecule has 3 heteroatoms. The van der Waals surface area contributed by atoms with Crippen molar-refractivity contribution in [2.75, 3.05) is 13.2 Å². The molecule has 1 unspecified atom stereocenters. The lowest BCUT2D eigenvalue weighted by Gasteiger charge is -2.47. The third kappa shape index (κ3) is 3.15. The Kier molecular flexibility index (Phi) is 5.72. The number of hydrogen-bond donors (Lipinski definition) is 0. The average Bonchev–Trinajstić information content (AvgIpc) is 2.79. The molecule has 2 fully saturated rings. The summed E-state index contributed by atoms with van der Waals surface area (Å²) in [4.78, 5) is 0. The standard InChI is InChI=1S/C17H34O2Si/c1-5-18-20(19-6-2,15-11-8-7-9-12-15)16-13-10-14-17(16,3)4/h15-16H,5-14H2,1-4H3. The summed E-state index contributed by atoms with van der Waals surface area (Å²) in [5.41, 5.74) is 1.84.